The summed E-state index contributed by atoms with van der Waals surface area (Å²) in [5.41, 5.74) is 2.53. The van der Waals surface area contributed by atoms with Crippen LogP contribution in [0, 0.1) is 0 Å². The van der Waals surface area contributed by atoms with Crippen molar-refractivity contribution in [3.05, 3.63) is 82.1 Å². The Labute approximate surface area is 117 Å². The monoisotopic (exact) mass is 265 g/mol. The van der Waals surface area contributed by atoms with Crippen molar-refractivity contribution in [2.75, 3.05) is 7.11 Å². The second kappa shape index (κ2) is 5.21. The van der Waals surface area contributed by atoms with Crippen molar-refractivity contribution in [3.63, 3.8) is 0 Å². The normalized spacial score (nSPS) is 10.7. The molecule has 0 fully saturated rings. The van der Waals surface area contributed by atoms with Gasteiger partial charge in [-0.25, -0.2) is 0 Å². The van der Waals surface area contributed by atoms with Gasteiger partial charge in [0.05, 0.1) is 5.52 Å². The van der Waals surface area contributed by atoms with Crippen LogP contribution in [0.1, 0.15) is 11.1 Å². The molecule has 1 aromatic heterocycles. The van der Waals surface area contributed by atoms with Gasteiger partial charge in [0.2, 0.25) is 0 Å². The van der Waals surface area contributed by atoms with Crippen LogP contribution >= 0.6 is 0 Å². The Balaban J connectivity index is 2.16. The molecule has 0 saturated heterocycles. The molecule has 0 bridgehead atoms. The average Bonchev–Trinajstić information content (AvgIpc) is 2.49. The topological polar surface area (TPSA) is 31.2 Å². The van der Waals surface area contributed by atoms with Crippen LogP contribution in [0.3, 0.4) is 0 Å². The zero-order valence-electron chi connectivity index (χ0n) is 11.2. The van der Waals surface area contributed by atoms with Gasteiger partial charge in [-0.05, 0) is 17.7 Å². The molecule has 0 aliphatic heterocycles. The minimum Gasteiger partial charge on any atom is -0.413 e. The van der Waals surface area contributed by atoms with Crippen molar-refractivity contribution >= 4 is 10.9 Å². The summed E-state index contributed by atoms with van der Waals surface area (Å²) in [6.07, 6.45) is 0.605. The molecule has 100 valence electrons. The first-order valence-corrected chi connectivity index (χ1v) is 6.51. The van der Waals surface area contributed by atoms with Gasteiger partial charge in [-0.2, -0.15) is 0 Å². The van der Waals surface area contributed by atoms with Gasteiger partial charge in [0, 0.05) is 17.4 Å². The lowest BCUT2D eigenvalue weighted by Gasteiger charge is -2.11. The van der Waals surface area contributed by atoms with E-state index in [1.165, 1.54) is 11.8 Å². The molecular weight excluding hydrogens is 250 g/mol. The molecule has 20 heavy (non-hydrogen) atoms. The maximum absolute atomic E-state index is 12.5. The fourth-order valence-electron chi connectivity index (χ4n) is 2.41. The van der Waals surface area contributed by atoms with Gasteiger partial charge in [0.15, 0.2) is 0 Å². The average molecular weight is 265 g/mol. The molecule has 3 rings (SSSR count). The van der Waals surface area contributed by atoms with E-state index in [0.29, 0.717) is 6.42 Å². The van der Waals surface area contributed by atoms with E-state index >= 15 is 0 Å². The molecule has 0 radical (unpaired) electrons. The summed E-state index contributed by atoms with van der Waals surface area (Å²) >= 11 is 0. The minimum absolute atomic E-state index is 0.102. The van der Waals surface area contributed by atoms with Crippen LogP contribution in [0.2, 0.25) is 0 Å². The third-order valence-electron chi connectivity index (χ3n) is 3.36. The van der Waals surface area contributed by atoms with E-state index < -0.39 is 0 Å². The Morgan fingerprint density at radius 3 is 2.45 bits per heavy atom. The molecule has 3 heteroatoms. The van der Waals surface area contributed by atoms with E-state index in [-0.39, 0.29) is 5.56 Å². The third kappa shape index (κ3) is 2.18. The highest BCUT2D eigenvalue weighted by Gasteiger charge is 2.09. The van der Waals surface area contributed by atoms with E-state index in [2.05, 4.69) is 0 Å². The maximum Gasteiger partial charge on any atom is 0.287 e. The summed E-state index contributed by atoms with van der Waals surface area (Å²) in [6.45, 7) is 0. The SMILES string of the molecule is COn1c(=O)c(Cc2ccccc2)cc2ccccc21. The Morgan fingerprint density at radius 1 is 1.00 bits per heavy atom. The van der Waals surface area contributed by atoms with E-state index in [9.17, 15) is 4.79 Å². The Kier molecular flexibility index (Phi) is 3.25. The number of nitrogens with zero attached hydrogens (tertiary/aromatic N) is 1. The molecule has 1 heterocycles. The van der Waals surface area contributed by atoms with Crippen LogP contribution < -0.4 is 10.4 Å². The Bertz CT molecular complexity index is 791. The van der Waals surface area contributed by atoms with Gasteiger partial charge in [0.25, 0.3) is 5.56 Å². The van der Waals surface area contributed by atoms with Crippen molar-refractivity contribution < 1.29 is 4.84 Å². The second-order valence-corrected chi connectivity index (χ2v) is 4.67. The fraction of sp³-hybridized carbons (Fsp3) is 0.118. The highest BCUT2D eigenvalue weighted by molar-refractivity contribution is 5.79. The molecule has 3 nitrogen and oxygen atoms in total. The Morgan fingerprint density at radius 2 is 1.70 bits per heavy atom. The number of aromatic nitrogens is 1. The van der Waals surface area contributed by atoms with Gasteiger partial charge in [0.1, 0.15) is 7.11 Å². The number of rotatable bonds is 3. The smallest absolute Gasteiger partial charge is 0.287 e. The van der Waals surface area contributed by atoms with E-state index in [1.807, 2.05) is 60.7 Å². The van der Waals surface area contributed by atoms with Gasteiger partial charge in [-0.3, -0.25) is 4.79 Å². The molecule has 0 aliphatic carbocycles. The lowest BCUT2D eigenvalue weighted by Crippen LogP contribution is -2.28. The van der Waals surface area contributed by atoms with Gasteiger partial charge in [-0.15, -0.1) is 4.73 Å². The highest BCUT2D eigenvalue weighted by Crippen LogP contribution is 2.14. The summed E-state index contributed by atoms with van der Waals surface area (Å²) in [6, 6.07) is 19.6. The summed E-state index contributed by atoms with van der Waals surface area (Å²) in [5.74, 6) is 0. The van der Waals surface area contributed by atoms with Crippen molar-refractivity contribution in [2.24, 2.45) is 0 Å². The van der Waals surface area contributed by atoms with Crippen LogP contribution in [0.5, 0.6) is 0 Å². The predicted molar refractivity (Wildman–Crippen MR) is 80.0 cm³/mol. The van der Waals surface area contributed by atoms with Crippen LogP contribution in [0.4, 0.5) is 0 Å². The minimum atomic E-state index is -0.102. The fourth-order valence-corrected chi connectivity index (χ4v) is 2.41. The summed E-state index contributed by atoms with van der Waals surface area (Å²) in [4.78, 5) is 17.7. The molecule has 0 amide bonds. The number of benzene rings is 2. The predicted octanol–water partition coefficient (Wildman–Crippen LogP) is 2.65. The van der Waals surface area contributed by atoms with Gasteiger partial charge >= 0.3 is 0 Å². The number of hydrogen-bond acceptors (Lipinski definition) is 2. The highest BCUT2D eigenvalue weighted by atomic mass is 16.6. The molecule has 0 atom stereocenters. The molecular formula is C17H15NO2. The van der Waals surface area contributed by atoms with Crippen LogP contribution in [-0.2, 0) is 6.42 Å². The first-order valence-electron chi connectivity index (χ1n) is 6.51. The molecule has 3 aromatic rings. The first-order chi connectivity index (χ1) is 9.79. The molecule has 0 aliphatic rings. The summed E-state index contributed by atoms with van der Waals surface area (Å²) in [5, 5.41) is 1.000. The van der Waals surface area contributed by atoms with Gasteiger partial charge in [-0.1, -0.05) is 48.5 Å². The Hall–Kier alpha value is -2.55. The number of para-hydroxylation sites is 1. The third-order valence-corrected chi connectivity index (χ3v) is 3.36. The number of hydrogen-bond donors (Lipinski definition) is 0. The molecule has 0 spiro atoms. The van der Waals surface area contributed by atoms with Crippen LogP contribution in [0.15, 0.2) is 65.5 Å². The van der Waals surface area contributed by atoms with Crippen LogP contribution in [-0.4, -0.2) is 11.8 Å². The zero-order chi connectivity index (χ0) is 13.9. The standard InChI is InChI=1S/C17H15NO2/c1-20-18-16-10-6-5-9-14(16)12-15(17(18)19)11-13-7-3-2-4-8-13/h2-10,12H,11H2,1H3. The van der Waals surface area contributed by atoms with Gasteiger partial charge < -0.3 is 4.84 Å². The molecule has 0 unspecified atom stereocenters. The van der Waals surface area contributed by atoms with Crippen molar-refractivity contribution in [2.45, 2.75) is 6.42 Å². The van der Waals surface area contributed by atoms with E-state index in [4.69, 9.17) is 4.84 Å². The molecule has 0 saturated carbocycles. The van der Waals surface area contributed by atoms with E-state index in [1.54, 1.807) is 0 Å². The van der Waals surface area contributed by atoms with Crippen molar-refractivity contribution in [1.29, 1.82) is 0 Å². The zero-order valence-corrected chi connectivity index (χ0v) is 11.2. The van der Waals surface area contributed by atoms with Crippen LogP contribution in [0.25, 0.3) is 10.9 Å². The lowest BCUT2D eigenvalue weighted by molar-refractivity contribution is 0.168. The molecule has 0 N–H and O–H groups in total. The van der Waals surface area contributed by atoms with E-state index in [0.717, 1.165) is 22.0 Å². The quantitative estimate of drug-likeness (QED) is 0.729. The lowest BCUT2D eigenvalue weighted by atomic mass is 10.0. The number of fused-ring (bicyclic) bond motifs is 1. The summed E-state index contributed by atoms with van der Waals surface area (Å²) < 4.78 is 1.35. The second-order valence-electron chi connectivity index (χ2n) is 4.67. The first kappa shape index (κ1) is 12.5. The largest absolute Gasteiger partial charge is 0.413 e. The molecule has 2 aromatic carbocycles. The van der Waals surface area contributed by atoms with Crippen molar-refractivity contribution in [1.82, 2.24) is 4.73 Å². The number of pyridine rings is 1. The maximum atomic E-state index is 12.5. The summed E-state index contributed by atoms with van der Waals surface area (Å²) in [7, 11) is 1.51. The van der Waals surface area contributed by atoms with Crippen molar-refractivity contribution in [3.8, 4) is 0 Å².